The summed E-state index contributed by atoms with van der Waals surface area (Å²) in [6.45, 7) is 0. The van der Waals surface area contributed by atoms with Crippen LogP contribution >= 0.6 is 0 Å². The van der Waals surface area contributed by atoms with Crippen LogP contribution in [0, 0.1) is 17.7 Å². The van der Waals surface area contributed by atoms with E-state index in [-0.39, 0.29) is 24.2 Å². The van der Waals surface area contributed by atoms with E-state index in [1.807, 2.05) is 0 Å². The second-order valence-corrected chi connectivity index (χ2v) is 5.25. The van der Waals surface area contributed by atoms with Crippen molar-refractivity contribution in [1.82, 2.24) is 0 Å². The zero-order valence-corrected chi connectivity index (χ0v) is 11.5. The normalized spacial score (nSPS) is 22.9. The SMILES string of the molecule is COc1ccc(F)cc1C(=O)C1CCCCC1C(F)(F)F. The van der Waals surface area contributed by atoms with Gasteiger partial charge in [0, 0.05) is 5.92 Å². The first-order valence-electron chi connectivity index (χ1n) is 6.79. The van der Waals surface area contributed by atoms with Crippen molar-refractivity contribution in [3.8, 4) is 5.75 Å². The molecular weight excluding hydrogens is 288 g/mol. The Bertz CT molecular complexity index is 525. The summed E-state index contributed by atoms with van der Waals surface area (Å²) in [7, 11) is 1.30. The third-order valence-corrected chi connectivity index (χ3v) is 3.95. The van der Waals surface area contributed by atoms with Gasteiger partial charge in [-0.3, -0.25) is 4.79 Å². The highest BCUT2D eigenvalue weighted by molar-refractivity contribution is 6.00. The van der Waals surface area contributed by atoms with Gasteiger partial charge in [0.15, 0.2) is 5.78 Å². The van der Waals surface area contributed by atoms with Gasteiger partial charge in [0.1, 0.15) is 11.6 Å². The number of Topliss-reactive ketones (excluding diaryl/α,β-unsaturated/α-hetero) is 1. The highest BCUT2D eigenvalue weighted by Gasteiger charge is 2.48. The maximum absolute atomic E-state index is 13.3. The maximum Gasteiger partial charge on any atom is 0.392 e. The Balaban J connectivity index is 2.35. The molecule has 0 amide bonds. The molecule has 2 atom stereocenters. The van der Waals surface area contributed by atoms with Crippen LogP contribution in [0.4, 0.5) is 17.6 Å². The first kappa shape index (κ1) is 15.8. The highest BCUT2D eigenvalue weighted by atomic mass is 19.4. The fourth-order valence-electron chi connectivity index (χ4n) is 2.91. The Hall–Kier alpha value is -1.59. The molecule has 0 N–H and O–H groups in total. The summed E-state index contributed by atoms with van der Waals surface area (Å²) in [6, 6.07) is 3.31. The molecule has 0 bridgehead atoms. The van der Waals surface area contributed by atoms with Gasteiger partial charge in [-0.05, 0) is 31.0 Å². The van der Waals surface area contributed by atoms with Gasteiger partial charge in [0.05, 0.1) is 18.6 Å². The van der Waals surface area contributed by atoms with Crippen molar-refractivity contribution in [2.24, 2.45) is 11.8 Å². The molecule has 1 fully saturated rings. The summed E-state index contributed by atoms with van der Waals surface area (Å²) >= 11 is 0. The van der Waals surface area contributed by atoms with E-state index in [1.54, 1.807) is 0 Å². The monoisotopic (exact) mass is 304 g/mol. The summed E-state index contributed by atoms with van der Waals surface area (Å²) in [6.07, 6.45) is -3.28. The molecule has 1 saturated carbocycles. The lowest BCUT2D eigenvalue weighted by molar-refractivity contribution is -0.190. The molecule has 1 aliphatic rings. The van der Waals surface area contributed by atoms with E-state index in [0.29, 0.717) is 12.8 Å². The van der Waals surface area contributed by atoms with E-state index in [1.165, 1.54) is 13.2 Å². The summed E-state index contributed by atoms with van der Waals surface area (Å²) in [5, 5.41) is 0. The van der Waals surface area contributed by atoms with Crippen LogP contribution in [0.15, 0.2) is 18.2 Å². The van der Waals surface area contributed by atoms with Crippen LogP contribution in [0.1, 0.15) is 36.0 Å². The summed E-state index contributed by atoms with van der Waals surface area (Å²) in [4.78, 5) is 12.4. The van der Waals surface area contributed by atoms with Gasteiger partial charge in [0.25, 0.3) is 0 Å². The van der Waals surface area contributed by atoms with Gasteiger partial charge in [-0.25, -0.2) is 4.39 Å². The maximum atomic E-state index is 13.3. The van der Waals surface area contributed by atoms with Crippen molar-refractivity contribution in [1.29, 1.82) is 0 Å². The summed E-state index contributed by atoms with van der Waals surface area (Å²) in [5.74, 6) is -4.07. The molecule has 6 heteroatoms. The van der Waals surface area contributed by atoms with Crippen LogP contribution < -0.4 is 4.74 Å². The van der Waals surface area contributed by atoms with E-state index in [4.69, 9.17) is 4.74 Å². The fourth-order valence-corrected chi connectivity index (χ4v) is 2.91. The topological polar surface area (TPSA) is 26.3 Å². The lowest BCUT2D eigenvalue weighted by Gasteiger charge is -2.32. The van der Waals surface area contributed by atoms with Gasteiger partial charge in [-0.15, -0.1) is 0 Å². The number of alkyl halides is 3. The van der Waals surface area contributed by atoms with Crippen LogP contribution in [0.5, 0.6) is 5.75 Å². The second kappa shape index (κ2) is 6.03. The first-order valence-corrected chi connectivity index (χ1v) is 6.79. The Morgan fingerprint density at radius 3 is 2.52 bits per heavy atom. The zero-order chi connectivity index (χ0) is 15.6. The van der Waals surface area contributed by atoms with Crippen molar-refractivity contribution in [2.75, 3.05) is 7.11 Å². The van der Waals surface area contributed by atoms with Crippen molar-refractivity contribution in [3.63, 3.8) is 0 Å². The molecule has 116 valence electrons. The number of ether oxygens (including phenoxy) is 1. The Morgan fingerprint density at radius 2 is 1.90 bits per heavy atom. The molecule has 0 saturated heterocycles. The average molecular weight is 304 g/mol. The van der Waals surface area contributed by atoms with Crippen molar-refractivity contribution in [2.45, 2.75) is 31.9 Å². The molecular formula is C15H16F4O2. The van der Waals surface area contributed by atoms with Gasteiger partial charge in [-0.1, -0.05) is 12.8 Å². The molecule has 0 radical (unpaired) electrons. The molecule has 0 aromatic heterocycles. The quantitative estimate of drug-likeness (QED) is 0.611. The third kappa shape index (κ3) is 3.36. The largest absolute Gasteiger partial charge is 0.496 e. The molecule has 0 aliphatic heterocycles. The molecule has 21 heavy (non-hydrogen) atoms. The summed E-state index contributed by atoms with van der Waals surface area (Å²) in [5.41, 5.74) is -0.112. The number of hydrogen-bond donors (Lipinski definition) is 0. The average Bonchev–Trinajstić information content (AvgIpc) is 2.45. The molecule has 1 aromatic rings. The predicted octanol–water partition coefficient (Wildman–Crippen LogP) is 4.39. The highest BCUT2D eigenvalue weighted by Crippen LogP contribution is 2.43. The number of hydrogen-bond acceptors (Lipinski definition) is 2. The molecule has 1 aromatic carbocycles. The second-order valence-electron chi connectivity index (χ2n) is 5.25. The van der Waals surface area contributed by atoms with Crippen molar-refractivity contribution in [3.05, 3.63) is 29.6 Å². The smallest absolute Gasteiger partial charge is 0.392 e. The molecule has 1 aliphatic carbocycles. The molecule has 2 rings (SSSR count). The molecule has 2 unspecified atom stereocenters. The van der Waals surface area contributed by atoms with E-state index >= 15 is 0 Å². The first-order chi connectivity index (χ1) is 9.84. The van der Waals surface area contributed by atoms with Gasteiger partial charge < -0.3 is 4.74 Å². The predicted molar refractivity (Wildman–Crippen MR) is 68.8 cm³/mol. The summed E-state index contributed by atoms with van der Waals surface area (Å²) < 4.78 is 57.5. The third-order valence-electron chi connectivity index (χ3n) is 3.95. The van der Waals surface area contributed by atoms with E-state index in [9.17, 15) is 22.4 Å². The molecule has 0 spiro atoms. The van der Waals surface area contributed by atoms with E-state index < -0.39 is 29.6 Å². The minimum atomic E-state index is -4.42. The number of ketones is 1. The number of carbonyl (C=O) groups is 1. The Labute approximate surface area is 120 Å². The standard InChI is InChI=1S/C15H16F4O2/c1-21-13-7-6-9(16)8-11(13)14(20)10-4-2-3-5-12(10)15(17,18)19/h6-8,10,12H,2-5H2,1H3. The number of halogens is 4. The van der Waals surface area contributed by atoms with Crippen molar-refractivity contribution < 1.29 is 27.1 Å². The molecule has 2 nitrogen and oxygen atoms in total. The number of carbonyl (C=O) groups excluding carboxylic acids is 1. The van der Waals surface area contributed by atoms with E-state index in [2.05, 4.69) is 0 Å². The number of benzene rings is 1. The van der Waals surface area contributed by atoms with Crippen LogP contribution in [0.2, 0.25) is 0 Å². The van der Waals surface area contributed by atoms with Gasteiger partial charge in [0.2, 0.25) is 0 Å². The minimum Gasteiger partial charge on any atom is -0.496 e. The minimum absolute atomic E-state index is 0.0580. The van der Waals surface area contributed by atoms with Crippen LogP contribution in [-0.2, 0) is 0 Å². The van der Waals surface area contributed by atoms with Gasteiger partial charge in [-0.2, -0.15) is 13.2 Å². The van der Waals surface area contributed by atoms with E-state index in [0.717, 1.165) is 12.1 Å². The van der Waals surface area contributed by atoms with Crippen molar-refractivity contribution >= 4 is 5.78 Å². The van der Waals surface area contributed by atoms with Crippen LogP contribution in [0.3, 0.4) is 0 Å². The number of methoxy groups -OCH3 is 1. The zero-order valence-electron chi connectivity index (χ0n) is 11.5. The lowest BCUT2D eigenvalue weighted by Crippen LogP contribution is -2.37. The Morgan fingerprint density at radius 1 is 1.24 bits per heavy atom. The Kier molecular flexibility index (Phi) is 4.54. The van der Waals surface area contributed by atoms with Gasteiger partial charge >= 0.3 is 6.18 Å². The molecule has 0 heterocycles. The van der Waals surface area contributed by atoms with Crippen LogP contribution in [0.25, 0.3) is 0 Å². The van der Waals surface area contributed by atoms with Crippen LogP contribution in [-0.4, -0.2) is 19.1 Å². The lowest BCUT2D eigenvalue weighted by atomic mass is 9.75. The fraction of sp³-hybridized carbons (Fsp3) is 0.533. The number of rotatable bonds is 3.